The van der Waals surface area contributed by atoms with Crippen molar-refractivity contribution in [3.8, 4) is 5.75 Å². The van der Waals surface area contributed by atoms with E-state index in [1.807, 2.05) is 32.2 Å². The maximum absolute atomic E-state index is 9.96. The second kappa shape index (κ2) is 5.35. The molecule has 2 heteroatoms. The molecule has 0 heterocycles. The Morgan fingerprint density at radius 1 is 1.18 bits per heavy atom. The molecule has 1 N–H and O–H groups in total. The van der Waals surface area contributed by atoms with Crippen LogP contribution in [-0.2, 0) is 0 Å². The van der Waals surface area contributed by atoms with Crippen molar-refractivity contribution < 1.29 is 5.11 Å². The smallest absolute Gasteiger partial charge is 0.127 e. The predicted octanol–water partition coefficient (Wildman–Crippen LogP) is 3.76. The van der Waals surface area contributed by atoms with Gasteiger partial charge in [-0.15, -0.1) is 0 Å². The third kappa shape index (κ3) is 3.09. The first-order valence-corrected chi connectivity index (χ1v) is 6.50. The zero-order chi connectivity index (χ0) is 12.3. The van der Waals surface area contributed by atoms with Gasteiger partial charge in [0.25, 0.3) is 0 Å². The second-order valence-corrected chi connectivity index (χ2v) is 5.09. The number of phenols is 1. The Hall–Kier alpha value is -1.31. The molecule has 1 aliphatic carbocycles. The van der Waals surface area contributed by atoms with Gasteiger partial charge in [-0.2, -0.15) is 0 Å². The van der Waals surface area contributed by atoms with E-state index < -0.39 is 0 Å². The highest BCUT2D eigenvalue weighted by Gasteiger charge is 2.11. The van der Waals surface area contributed by atoms with Crippen LogP contribution in [0.25, 0.3) is 0 Å². The van der Waals surface area contributed by atoms with Crippen LogP contribution in [0.15, 0.2) is 17.1 Å². The number of phenolic OH excluding ortho intramolecular Hbond substituents is 1. The van der Waals surface area contributed by atoms with Crippen LogP contribution in [0.4, 0.5) is 0 Å². The Morgan fingerprint density at radius 3 is 2.59 bits per heavy atom. The zero-order valence-electron chi connectivity index (χ0n) is 10.7. The first-order chi connectivity index (χ1) is 8.16. The minimum atomic E-state index is 0.371. The molecule has 1 aromatic rings. The fourth-order valence-corrected chi connectivity index (χ4v) is 2.51. The third-order valence-electron chi connectivity index (χ3n) is 3.47. The molecular weight excluding hydrogens is 210 g/mol. The van der Waals surface area contributed by atoms with E-state index in [0.717, 1.165) is 11.1 Å². The lowest BCUT2D eigenvalue weighted by Gasteiger charge is -2.17. The molecule has 2 rings (SSSR count). The van der Waals surface area contributed by atoms with E-state index >= 15 is 0 Å². The van der Waals surface area contributed by atoms with Crippen LogP contribution < -0.4 is 0 Å². The summed E-state index contributed by atoms with van der Waals surface area (Å²) in [7, 11) is 0. The number of nitrogens with zero attached hydrogens (tertiary/aromatic N) is 1. The molecule has 0 spiro atoms. The molecule has 0 atom stereocenters. The number of aryl methyl sites for hydroxylation is 2. The SMILES string of the molecule is Cc1cc(C)c(O)c(C=NC2CCCCC2)c1. The van der Waals surface area contributed by atoms with E-state index in [1.54, 1.807) is 0 Å². The minimum Gasteiger partial charge on any atom is -0.507 e. The Bertz CT molecular complexity index is 417. The van der Waals surface area contributed by atoms with Crippen molar-refractivity contribution in [2.24, 2.45) is 4.99 Å². The lowest BCUT2D eigenvalue weighted by atomic mass is 9.96. The highest BCUT2D eigenvalue weighted by molar-refractivity contribution is 5.84. The van der Waals surface area contributed by atoms with Crippen LogP contribution >= 0.6 is 0 Å². The average Bonchev–Trinajstić information content (AvgIpc) is 2.33. The molecule has 0 radical (unpaired) electrons. The predicted molar refractivity (Wildman–Crippen MR) is 72.0 cm³/mol. The van der Waals surface area contributed by atoms with Gasteiger partial charge in [0.05, 0.1) is 0 Å². The van der Waals surface area contributed by atoms with Crippen molar-refractivity contribution >= 4 is 6.21 Å². The quantitative estimate of drug-likeness (QED) is 0.772. The number of hydrogen-bond acceptors (Lipinski definition) is 2. The van der Waals surface area contributed by atoms with Crippen molar-refractivity contribution in [2.75, 3.05) is 0 Å². The summed E-state index contributed by atoms with van der Waals surface area (Å²) in [4.78, 5) is 4.61. The third-order valence-corrected chi connectivity index (χ3v) is 3.47. The van der Waals surface area contributed by atoms with E-state index in [0.29, 0.717) is 11.8 Å². The van der Waals surface area contributed by atoms with Crippen LogP contribution in [0.3, 0.4) is 0 Å². The molecular formula is C15H21NO. The van der Waals surface area contributed by atoms with Crippen LogP contribution in [-0.4, -0.2) is 17.4 Å². The van der Waals surface area contributed by atoms with E-state index in [2.05, 4.69) is 4.99 Å². The van der Waals surface area contributed by atoms with Crippen molar-refractivity contribution in [3.05, 3.63) is 28.8 Å². The highest BCUT2D eigenvalue weighted by atomic mass is 16.3. The number of rotatable bonds is 2. The monoisotopic (exact) mass is 231 g/mol. The Morgan fingerprint density at radius 2 is 1.88 bits per heavy atom. The van der Waals surface area contributed by atoms with Gasteiger partial charge in [0.1, 0.15) is 5.75 Å². The van der Waals surface area contributed by atoms with E-state index in [1.165, 1.54) is 37.7 Å². The summed E-state index contributed by atoms with van der Waals surface area (Å²) < 4.78 is 0. The van der Waals surface area contributed by atoms with Gasteiger partial charge in [-0.25, -0.2) is 0 Å². The number of aromatic hydroxyl groups is 1. The van der Waals surface area contributed by atoms with Gasteiger partial charge in [-0.3, -0.25) is 4.99 Å². The lowest BCUT2D eigenvalue weighted by Crippen LogP contribution is -2.09. The molecule has 0 amide bonds. The van der Waals surface area contributed by atoms with Gasteiger partial charge in [-0.05, 0) is 43.9 Å². The molecule has 1 aromatic carbocycles. The van der Waals surface area contributed by atoms with Gasteiger partial charge in [0, 0.05) is 17.8 Å². The van der Waals surface area contributed by atoms with Crippen LogP contribution in [0.2, 0.25) is 0 Å². The highest BCUT2D eigenvalue weighted by Crippen LogP contribution is 2.24. The van der Waals surface area contributed by atoms with Gasteiger partial charge >= 0.3 is 0 Å². The van der Waals surface area contributed by atoms with Crippen LogP contribution in [0, 0.1) is 13.8 Å². The standard InChI is InChI=1S/C15H21NO/c1-11-8-12(2)15(17)13(9-11)10-16-14-6-4-3-5-7-14/h8-10,14,17H,3-7H2,1-2H3. The summed E-state index contributed by atoms with van der Waals surface area (Å²) in [5, 5.41) is 9.96. The number of benzene rings is 1. The van der Waals surface area contributed by atoms with Crippen LogP contribution in [0.5, 0.6) is 5.75 Å². The molecule has 1 saturated carbocycles. The molecule has 0 aliphatic heterocycles. The minimum absolute atomic E-state index is 0.371. The lowest BCUT2D eigenvalue weighted by molar-refractivity contribution is 0.444. The maximum Gasteiger partial charge on any atom is 0.127 e. The molecule has 92 valence electrons. The fourth-order valence-electron chi connectivity index (χ4n) is 2.51. The van der Waals surface area contributed by atoms with E-state index in [-0.39, 0.29) is 0 Å². The van der Waals surface area contributed by atoms with E-state index in [9.17, 15) is 5.11 Å². The van der Waals surface area contributed by atoms with Crippen molar-refractivity contribution in [1.29, 1.82) is 0 Å². The molecule has 1 aliphatic rings. The Labute approximate surface area is 103 Å². The maximum atomic E-state index is 9.96. The summed E-state index contributed by atoms with van der Waals surface area (Å²) in [6.07, 6.45) is 8.18. The summed E-state index contributed by atoms with van der Waals surface area (Å²) >= 11 is 0. The molecule has 0 saturated heterocycles. The van der Waals surface area contributed by atoms with Gasteiger partial charge < -0.3 is 5.11 Å². The zero-order valence-corrected chi connectivity index (χ0v) is 10.7. The molecule has 17 heavy (non-hydrogen) atoms. The molecule has 0 unspecified atom stereocenters. The van der Waals surface area contributed by atoms with Crippen LogP contribution in [0.1, 0.15) is 48.8 Å². The van der Waals surface area contributed by atoms with E-state index in [4.69, 9.17) is 0 Å². The Balaban J connectivity index is 2.14. The fraction of sp³-hybridized carbons (Fsp3) is 0.533. The van der Waals surface area contributed by atoms with Gasteiger partial charge in [0.15, 0.2) is 0 Å². The molecule has 1 fully saturated rings. The molecule has 0 bridgehead atoms. The molecule has 0 aromatic heterocycles. The first-order valence-electron chi connectivity index (χ1n) is 6.50. The van der Waals surface area contributed by atoms with Gasteiger partial charge in [-0.1, -0.05) is 25.3 Å². The summed E-state index contributed by atoms with van der Waals surface area (Å²) in [5.74, 6) is 0.371. The average molecular weight is 231 g/mol. The Kier molecular flexibility index (Phi) is 3.82. The molecule has 2 nitrogen and oxygen atoms in total. The van der Waals surface area contributed by atoms with Gasteiger partial charge in [0.2, 0.25) is 0 Å². The van der Waals surface area contributed by atoms with Crippen molar-refractivity contribution in [2.45, 2.75) is 52.0 Å². The summed E-state index contributed by atoms with van der Waals surface area (Å²) in [5.41, 5.74) is 2.95. The summed E-state index contributed by atoms with van der Waals surface area (Å²) in [6, 6.07) is 4.45. The topological polar surface area (TPSA) is 32.6 Å². The largest absolute Gasteiger partial charge is 0.507 e. The van der Waals surface area contributed by atoms with Crippen molar-refractivity contribution in [1.82, 2.24) is 0 Å². The first kappa shape index (κ1) is 12.2. The van der Waals surface area contributed by atoms with Crippen molar-refractivity contribution in [3.63, 3.8) is 0 Å². The number of hydrogen-bond donors (Lipinski definition) is 1. The number of aliphatic imine (C=N–C) groups is 1. The second-order valence-electron chi connectivity index (χ2n) is 5.09. The normalized spacial score (nSPS) is 17.8. The summed E-state index contributed by atoms with van der Waals surface area (Å²) in [6.45, 7) is 3.98.